The maximum atomic E-state index is 12.0. The highest BCUT2D eigenvalue weighted by Gasteiger charge is 2.12. The zero-order valence-corrected chi connectivity index (χ0v) is 10.3. The van der Waals surface area contributed by atoms with Crippen LogP contribution < -0.4 is 11.1 Å². The molecule has 0 aliphatic heterocycles. The van der Waals surface area contributed by atoms with Crippen molar-refractivity contribution in [3.8, 4) is 0 Å². The molecule has 6 heteroatoms. The molecule has 0 radical (unpaired) electrons. The molecule has 0 saturated carbocycles. The molecule has 0 aliphatic carbocycles. The van der Waals surface area contributed by atoms with Gasteiger partial charge < -0.3 is 5.73 Å². The molecule has 0 saturated heterocycles. The maximum absolute atomic E-state index is 12.0. The molecule has 0 atom stereocenters. The Labute approximate surface area is 103 Å². The molecular weight excluding hydrogens is 236 g/mol. The molecule has 5 nitrogen and oxygen atoms in total. The van der Waals surface area contributed by atoms with Gasteiger partial charge in [0, 0.05) is 5.38 Å². The Kier molecular flexibility index (Phi) is 3.06. The number of hydrogen-bond donors (Lipinski definition) is 2. The van der Waals surface area contributed by atoms with Crippen LogP contribution in [0, 0.1) is 13.8 Å². The Bertz CT molecular complexity index is 564. The number of anilines is 2. The quantitative estimate of drug-likeness (QED) is 0.851. The number of amides is 1. The molecule has 3 N–H and O–H groups in total. The summed E-state index contributed by atoms with van der Waals surface area (Å²) in [5.74, 6) is -0.239. The average Bonchev–Trinajstić information content (AvgIpc) is 2.67. The summed E-state index contributed by atoms with van der Waals surface area (Å²) in [4.78, 5) is 20.2. The zero-order chi connectivity index (χ0) is 12.4. The largest absolute Gasteiger partial charge is 0.397 e. The van der Waals surface area contributed by atoms with Gasteiger partial charge >= 0.3 is 0 Å². The third-order valence-electron chi connectivity index (χ3n) is 2.19. The van der Waals surface area contributed by atoms with Crippen LogP contribution in [0.15, 0.2) is 17.6 Å². The number of rotatable bonds is 2. The molecule has 17 heavy (non-hydrogen) atoms. The summed E-state index contributed by atoms with van der Waals surface area (Å²) >= 11 is 1.39. The number of aryl methyl sites for hydroxylation is 2. The van der Waals surface area contributed by atoms with E-state index in [0.717, 1.165) is 5.69 Å². The second-order valence-corrected chi connectivity index (χ2v) is 4.51. The molecule has 0 unspecified atom stereocenters. The first-order valence-corrected chi connectivity index (χ1v) is 5.90. The first kappa shape index (κ1) is 11.5. The average molecular weight is 248 g/mol. The van der Waals surface area contributed by atoms with Gasteiger partial charge in [-0.25, -0.2) is 4.98 Å². The number of carbonyl (C=O) groups is 1. The highest BCUT2D eigenvalue weighted by molar-refractivity contribution is 7.13. The molecular formula is C11H12N4OS. The van der Waals surface area contributed by atoms with Crippen LogP contribution in [-0.4, -0.2) is 15.9 Å². The lowest BCUT2D eigenvalue weighted by Crippen LogP contribution is -2.14. The van der Waals surface area contributed by atoms with E-state index in [0.29, 0.717) is 22.1 Å². The molecule has 2 rings (SSSR count). The number of pyridine rings is 1. The fraction of sp³-hybridized carbons (Fsp3) is 0.182. The van der Waals surface area contributed by atoms with Crippen LogP contribution in [0.1, 0.15) is 21.7 Å². The fourth-order valence-electron chi connectivity index (χ4n) is 1.35. The number of nitrogen functional groups attached to an aromatic ring is 1. The smallest absolute Gasteiger partial charge is 0.259 e. The van der Waals surface area contributed by atoms with E-state index in [2.05, 4.69) is 15.3 Å². The monoisotopic (exact) mass is 248 g/mol. The van der Waals surface area contributed by atoms with Crippen LogP contribution in [0.5, 0.6) is 0 Å². The SMILES string of the molecule is Cc1csc(NC(=O)c2cc(N)cnc2C)n1. The molecule has 2 aromatic rings. The Hall–Kier alpha value is -1.95. The van der Waals surface area contributed by atoms with Crippen LogP contribution >= 0.6 is 11.3 Å². The maximum Gasteiger partial charge on any atom is 0.259 e. The molecule has 1 amide bonds. The van der Waals surface area contributed by atoms with Gasteiger partial charge in [0.05, 0.1) is 28.8 Å². The Morgan fingerprint density at radius 1 is 1.47 bits per heavy atom. The van der Waals surface area contributed by atoms with E-state index >= 15 is 0 Å². The van der Waals surface area contributed by atoms with Crippen molar-refractivity contribution in [3.63, 3.8) is 0 Å². The highest BCUT2D eigenvalue weighted by atomic mass is 32.1. The number of aromatic nitrogens is 2. The number of nitrogens with two attached hydrogens (primary N) is 1. The highest BCUT2D eigenvalue weighted by Crippen LogP contribution is 2.17. The van der Waals surface area contributed by atoms with Crippen LogP contribution in [0.2, 0.25) is 0 Å². The predicted molar refractivity (Wildman–Crippen MR) is 68.2 cm³/mol. The standard InChI is InChI=1S/C11H12N4OS/c1-6-5-17-11(14-6)15-10(16)9-3-8(12)4-13-7(9)2/h3-5H,12H2,1-2H3,(H,14,15,16). The Morgan fingerprint density at radius 3 is 2.88 bits per heavy atom. The lowest BCUT2D eigenvalue weighted by atomic mass is 10.2. The third-order valence-corrected chi connectivity index (χ3v) is 3.07. The first-order chi connectivity index (χ1) is 8.06. The Morgan fingerprint density at radius 2 is 2.24 bits per heavy atom. The van der Waals surface area contributed by atoms with E-state index in [1.165, 1.54) is 17.5 Å². The number of thiazole rings is 1. The second-order valence-electron chi connectivity index (χ2n) is 3.65. The van der Waals surface area contributed by atoms with Crippen molar-refractivity contribution in [1.29, 1.82) is 0 Å². The van der Waals surface area contributed by atoms with Gasteiger partial charge in [-0.1, -0.05) is 0 Å². The third kappa shape index (κ3) is 2.59. The van der Waals surface area contributed by atoms with Crippen molar-refractivity contribution in [2.45, 2.75) is 13.8 Å². The van der Waals surface area contributed by atoms with Crippen LogP contribution in [0.3, 0.4) is 0 Å². The van der Waals surface area contributed by atoms with E-state index in [9.17, 15) is 4.79 Å². The van der Waals surface area contributed by atoms with Gasteiger partial charge in [0.25, 0.3) is 5.91 Å². The van der Waals surface area contributed by atoms with Crippen molar-refractivity contribution >= 4 is 28.1 Å². The van der Waals surface area contributed by atoms with Gasteiger partial charge in [-0.15, -0.1) is 11.3 Å². The molecule has 0 aromatic carbocycles. The van der Waals surface area contributed by atoms with Gasteiger partial charge in [-0.2, -0.15) is 0 Å². The molecule has 0 fully saturated rings. The summed E-state index contributed by atoms with van der Waals surface area (Å²) in [5.41, 5.74) is 8.07. The minimum absolute atomic E-state index is 0.239. The van der Waals surface area contributed by atoms with Gasteiger partial charge in [0.15, 0.2) is 5.13 Å². The van der Waals surface area contributed by atoms with Crippen molar-refractivity contribution in [3.05, 3.63) is 34.6 Å². The summed E-state index contributed by atoms with van der Waals surface area (Å²) in [7, 11) is 0. The summed E-state index contributed by atoms with van der Waals surface area (Å²) < 4.78 is 0. The van der Waals surface area contributed by atoms with E-state index in [1.807, 2.05) is 12.3 Å². The summed E-state index contributed by atoms with van der Waals surface area (Å²) in [6, 6.07) is 1.61. The molecule has 0 bridgehead atoms. The summed E-state index contributed by atoms with van der Waals surface area (Å²) in [6.07, 6.45) is 1.53. The predicted octanol–water partition coefficient (Wildman–Crippen LogP) is 1.99. The van der Waals surface area contributed by atoms with Crippen molar-refractivity contribution in [2.24, 2.45) is 0 Å². The van der Waals surface area contributed by atoms with Crippen molar-refractivity contribution in [2.75, 3.05) is 11.1 Å². The lowest BCUT2D eigenvalue weighted by Gasteiger charge is -2.05. The van der Waals surface area contributed by atoms with Crippen molar-refractivity contribution in [1.82, 2.24) is 9.97 Å². The van der Waals surface area contributed by atoms with Gasteiger partial charge in [0.2, 0.25) is 0 Å². The molecule has 2 heterocycles. The first-order valence-electron chi connectivity index (χ1n) is 5.02. The normalized spacial score (nSPS) is 10.2. The van der Waals surface area contributed by atoms with E-state index in [1.54, 1.807) is 13.0 Å². The molecule has 88 valence electrons. The number of nitrogens with zero attached hydrogens (tertiary/aromatic N) is 2. The summed E-state index contributed by atoms with van der Waals surface area (Å²) in [5, 5.41) is 5.17. The van der Waals surface area contributed by atoms with Crippen LogP contribution in [-0.2, 0) is 0 Å². The zero-order valence-electron chi connectivity index (χ0n) is 9.52. The molecule has 0 spiro atoms. The number of nitrogens with one attached hydrogen (secondary N) is 1. The fourth-order valence-corrected chi connectivity index (χ4v) is 2.04. The van der Waals surface area contributed by atoms with Crippen molar-refractivity contribution < 1.29 is 4.79 Å². The minimum atomic E-state index is -0.239. The van der Waals surface area contributed by atoms with Gasteiger partial charge in [0.1, 0.15) is 0 Å². The van der Waals surface area contributed by atoms with Crippen LogP contribution in [0.25, 0.3) is 0 Å². The summed E-state index contributed by atoms with van der Waals surface area (Å²) in [6.45, 7) is 3.64. The van der Waals surface area contributed by atoms with E-state index in [-0.39, 0.29) is 5.91 Å². The minimum Gasteiger partial charge on any atom is -0.397 e. The Balaban J connectivity index is 2.22. The van der Waals surface area contributed by atoms with Crippen LogP contribution in [0.4, 0.5) is 10.8 Å². The molecule has 2 aromatic heterocycles. The van der Waals surface area contributed by atoms with Gasteiger partial charge in [-0.05, 0) is 19.9 Å². The number of hydrogen-bond acceptors (Lipinski definition) is 5. The lowest BCUT2D eigenvalue weighted by molar-refractivity contribution is 0.102. The van der Waals surface area contributed by atoms with E-state index < -0.39 is 0 Å². The van der Waals surface area contributed by atoms with E-state index in [4.69, 9.17) is 5.73 Å². The molecule has 0 aliphatic rings. The topological polar surface area (TPSA) is 80.9 Å². The number of carbonyl (C=O) groups excluding carboxylic acids is 1. The van der Waals surface area contributed by atoms with Gasteiger partial charge in [-0.3, -0.25) is 15.1 Å². The second kappa shape index (κ2) is 4.50.